The quantitative estimate of drug-likeness (QED) is 0.725. The summed E-state index contributed by atoms with van der Waals surface area (Å²) in [5, 5.41) is 3.20. The van der Waals surface area contributed by atoms with Crippen LogP contribution in [-0.4, -0.2) is 45.6 Å². The molecule has 0 bridgehead atoms. The zero-order chi connectivity index (χ0) is 17.7. The molecular formula is C15H20ClN5O2S. The molecule has 0 radical (unpaired) electrons. The zero-order valence-electron chi connectivity index (χ0n) is 13.7. The molecule has 0 unspecified atom stereocenters. The maximum absolute atomic E-state index is 12.2. The van der Waals surface area contributed by atoms with Gasteiger partial charge in [0, 0.05) is 38.9 Å². The van der Waals surface area contributed by atoms with E-state index in [1.807, 2.05) is 32.0 Å². The molecule has 24 heavy (non-hydrogen) atoms. The summed E-state index contributed by atoms with van der Waals surface area (Å²) in [7, 11) is 0.138. The molecule has 0 aliphatic carbocycles. The molecule has 0 spiro atoms. The maximum Gasteiger partial charge on any atom is 0.242 e. The predicted octanol–water partition coefficient (Wildman–Crippen LogP) is 1.89. The van der Waals surface area contributed by atoms with Crippen LogP contribution in [-0.2, 0) is 10.0 Å². The van der Waals surface area contributed by atoms with Crippen LogP contribution in [0.1, 0.15) is 5.69 Å². The number of rotatable bonds is 7. The minimum Gasteiger partial charge on any atom is -0.363 e. The maximum atomic E-state index is 12.2. The summed E-state index contributed by atoms with van der Waals surface area (Å²) in [4.78, 5) is 10.6. The van der Waals surface area contributed by atoms with Crippen LogP contribution in [0.2, 0.25) is 5.02 Å². The Morgan fingerprint density at radius 3 is 2.54 bits per heavy atom. The fourth-order valence-electron chi connectivity index (χ4n) is 1.96. The van der Waals surface area contributed by atoms with Crippen molar-refractivity contribution in [3.05, 3.63) is 41.0 Å². The Morgan fingerprint density at radius 2 is 1.88 bits per heavy atom. The van der Waals surface area contributed by atoms with Gasteiger partial charge < -0.3 is 10.2 Å². The van der Waals surface area contributed by atoms with Crippen molar-refractivity contribution in [2.75, 3.05) is 37.4 Å². The van der Waals surface area contributed by atoms with Crippen LogP contribution in [0.5, 0.6) is 0 Å². The summed E-state index contributed by atoms with van der Waals surface area (Å²) in [6, 6.07) is 8.18. The Bertz CT molecular complexity index is 811. The number of nitrogens with one attached hydrogen (secondary N) is 2. The molecule has 2 rings (SSSR count). The van der Waals surface area contributed by atoms with E-state index >= 15 is 0 Å². The lowest BCUT2D eigenvalue weighted by Gasteiger charge is -2.14. The van der Waals surface area contributed by atoms with Gasteiger partial charge in [0.05, 0.1) is 5.02 Å². The van der Waals surface area contributed by atoms with E-state index in [1.54, 1.807) is 12.1 Å². The van der Waals surface area contributed by atoms with Gasteiger partial charge in [0.25, 0.3) is 0 Å². The van der Waals surface area contributed by atoms with Crippen molar-refractivity contribution in [3.8, 4) is 0 Å². The van der Waals surface area contributed by atoms with E-state index < -0.39 is 10.0 Å². The van der Waals surface area contributed by atoms with Crippen molar-refractivity contribution in [2.24, 2.45) is 0 Å². The van der Waals surface area contributed by atoms with Crippen LogP contribution in [0.25, 0.3) is 0 Å². The third-order valence-electron chi connectivity index (χ3n) is 3.13. The summed E-state index contributed by atoms with van der Waals surface area (Å²) in [6.07, 6.45) is 0. The van der Waals surface area contributed by atoms with Crippen molar-refractivity contribution in [3.63, 3.8) is 0 Å². The average Bonchev–Trinajstić information content (AvgIpc) is 2.51. The van der Waals surface area contributed by atoms with E-state index in [0.29, 0.717) is 12.5 Å². The molecule has 0 saturated carbocycles. The fraction of sp³-hybridized carbons (Fsp3) is 0.333. The number of aromatic nitrogens is 2. The highest BCUT2D eigenvalue weighted by atomic mass is 35.5. The van der Waals surface area contributed by atoms with Crippen molar-refractivity contribution < 1.29 is 8.42 Å². The van der Waals surface area contributed by atoms with Gasteiger partial charge in [0.15, 0.2) is 0 Å². The molecule has 2 aromatic rings. The van der Waals surface area contributed by atoms with Crippen molar-refractivity contribution in [2.45, 2.75) is 11.8 Å². The first-order chi connectivity index (χ1) is 11.3. The second-order valence-corrected chi connectivity index (χ2v) is 7.48. The number of halogens is 1. The van der Waals surface area contributed by atoms with Gasteiger partial charge in [-0.05, 0) is 19.1 Å². The minimum absolute atomic E-state index is 0.0633. The number of hydrogen-bond acceptors (Lipinski definition) is 6. The third-order valence-corrected chi connectivity index (χ3v) is 5.09. The van der Waals surface area contributed by atoms with E-state index in [-0.39, 0.29) is 16.5 Å². The molecule has 0 aliphatic heterocycles. The van der Waals surface area contributed by atoms with Crippen LogP contribution in [0.4, 0.5) is 11.8 Å². The molecule has 0 atom stereocenters. The zero-order valence-corrected chi connectivity index (χ0v) is 15.3. The van der Waals surface area contributed by atoms with Crippen molar-refractivity contribution in [1.82, 2.24) is 14.7 Å². The van der Waals surface area contributed by atoms with E-state index in [4.69, 9.17) is 11.6 Å². The fourth-order valence-corrected chi connectivity index (χ4v) is 3.51. The van der Waals surface area contributed by atoms with Gasteiger partial charge in [-0.3, -0.25) is 0 Å². The van der Waals surface area contributed by atoms with Crippen LogP contribution in [0.3, 0.4) is 0 Å². The number of sulfonamides is 1. The smallest absolute Gasteiger partial charge is 0.242 e. The van der Waals surface area contributed by atoms with Crippen LogP contribution < -0.4 is 14.9 Å². The lowest BCUT2D eigenvalue weighted by molar-refractivity contribution is 0.583. The summed E-state index contributed by atoms with van der Waals surface area (Å²) in [5.41, 5.74) is 0.827. The number of nitrogens with zero attached hydrogens (tertiary/aromatic N) is 3. The Labute approximate surface area is 147 Å². The second kappa shape index (κ2) is 7.78. The first-order valence-corrected chi connectivity index (χ1v) is 9.17. The van der Waals surface area contributed by atoms with E-state index in [2.05, 4.69) is 20.0 Å². The largest absolute Gasteiger partial charge is 0.363 e. The molecular weight excluding hydrogens is 350 g/mol. The first-order valence-electron chi connectivity index (χ1n) is 7.30. The normalized spacial score (nSPS) is 11.3. The molecule has 1 aromatic heterocycles. The lowest BCUT2D eigenvalue weighted by atomic mass is 10.4. The van der Waals surface area contributed by atoms with Gasteiger partial charge in [-0.1, -0.05) is 23.7 Å². The molecule has 0 fully saturated rings. The average molecular weight is 370 g/mol. The molecule has 0 aliphatic rings. The molecule has 2 N–H and O–H groups in total. The molecule has 9 heteroatoms. The molecule has 7 nitrogen and oxygen atoms in total. The van der Waals surface area contributed by atoms with E-state index in [1.165, 1.54) is 12.1 Å². The number of hydrogen-bond donors (Lipinski definition) is 2. The first kappa shape index (κ1) is 18.4. The molecule has 1 aromatic carbocycles. The Morgan fingerprint density at radius 1 is 1.17 bits per heavy atom. The minimum atomic E-state index is -3.65. The Hall–Kier alpha value is -1.90. The number of aryl methyl sites for hydroxylation is 1. The monoisotopic (exact) mass is 369 g/mol. The highest BCUT2D eigenvalue weighted by molar-refractivity contribution is 7.89. The van der Waals surface area contributed by atoms with Gasteiger partial charge >= 0.3 is 0 Å². The summed E-state index contributed by atoms with van der Waals surface area (Å²) < 4.78 is 26.9. The van der Waals surface area contributed by atoms with Crippen molar-refractivity contribution >= 4 is 33.4 Å². The SMILES string of the molecule is Cc1cc(N(C)C)nc(NCCNS(=O)(=O)c2ccccc2Cl)n1. The summed E-state index contributed by atoms with van der Waals surface area (Å²) in [5.74, 6) is 1.23. The predicted molar refractivity (Wildman–Crippen MR) is 96.2 cm³/mol. The number of anilines is 2. The van der Waals surface area contributed by atoms with Gasteiger partial charge in [0.2, 0.25) is 16.0 Å². The standard InChI is InChI=1S/C15H20ClN5O2S/c1-11-10-14(21(2)3)20-15(19-11)17-8-9-18-24(22,23)13-7-5-4-6-12(13)16/h4-7,10,18H,8-9H2,1-3H3,(H,17,19,20). The molecule has 0 saturated heterocycles. The van der Waals surface area contributed by atoms with E-state index in [0.717, 1.165) is 11.5 Å². The number of benzene rings is 1. The van der Waals surface area contributed by atoms with Crippen LogP contribution in [0.15, 0.2) is 35.2 Å². The Balaban J connectivity index is 1.95. The second-order valence-electron chi connectivity index (χ2n) is 5.34. The van der Waals surface area contributed by atoms with Crippen LogP contribution >= 0.6 is 11.6 Å². The topological polar surface area (TPSA) is 87.2 Å². The summed E-state index contributed by atoms with van der Waals surface area (Å²) in [6.45, 7) is 2.40. The Kier molecular flexibility index (Phi) is 5.98. The third kappa shape index (κ3) is 4.80. The lowest BCUT2D eigenvalue weighted by Crippen LogP contribution is -2.29. The van der Waals surface area contributed by atoms with Crippen molar-refractivity contribution in [1.29, 1.82) is 0 Å². The van der Waals surface area contributed by atoms with Gasteiger partial charge in [-0.2, -0.15) is 4.98 Å². The highest BCUT2D eigenvalue weighted by Crippen LogP contribution is 2.19. The summed E-state index contributed by atoms with van der Waals surface area (Å²) >= 11 is 5.92. The highest BCUT2D eigenvalue weighted by Gasteiger charge is 2.16. The molecule has 130 valence electrons. The van der Waals surface area contributed by atoms with Crippen LogP contribution in [0, 0.1) is 6.92 Å². The van der Waals surface area contributed by atoms with E-state index in [9.17, 15) is 8.42 Å². The van der Waals surface area contributed by atoms with Gasteiger partial charge in [0.1, 0.15) is 10.7 Å². The van der Waals surface area contributed by atoms with Gasteiger partial charge in [-0.25, -0.2) is 18.1 Å². The molecule has 0 amide bonds. The van der Waals surface area contributed by atoms with Gasteiger partial charge in [-0.15, -0.1) is 0 Å². The molecule has 1 heterocycles.